The molecule has 2 aliphatic rings. The molecule has 3 aromatic rings. The monoisotopic (exact) mass is 720 g/mol. The second kappa shape index (κ2) is 20.2. The minimum absolute atomic E-state index is 0.0338. The summed E-state index contributed by atoms with van der Waals surface area (Å²) in [5.74, 6) is 24.5. The minimum Gasteiger partial charge on any atom is -0.353 e. The number of ether oxygens (including phenoxy) is 4. The zero-order valence-electron chi connectivity index (χ0n) is 28.8. The van der Waals surface area contributed by atoms with Crippen LogP contribution in [0.5, 0.6) is 0 Å². The Hall–Kier alpha value is -4.95. The van der Waals surface area contributed by atoms with Gasteiger partial charge in [0.25, 0.3) is 5.69 Å². The summed E-state index contributed by atoms with van der Waals surface area (Å²) in [5.41, 5.74) is 2.57. The highest BCUT2D eigenvalue weighted by molar-refractivity contribution is 7.89. The van der Waals surface area contributed by atoms with Gasteiger partial charge in [0.15, 0.2) is 12.6 Å². The van der Waals surface area contributed by atoms with E-state index in [-0.39, 0.29) is 55.9 Å². The Kier molecular flexibility index (Phi) is 14.9. The maximum absolute atomic E-state index is 13.8. The van der Waals surface area contributed by atoms with Crippen LogP contribution in [0.3, 0.4) is 0 Å². The first-order chi connectivity index (χ1) is 25.4. The van der Waals surface area contributed by atoms with Crippen molar-refractivity contribution in [2.24, 2.45) is 0 Å². The fourth-order valence-corrected chi connectivity index (χ4v) is 6.70. The van der Waals surface area contributed by atoms with Gasteiger partial charge in [0.1, 0.15) is 13.2 Å². The molecule has 2 aliphatic heterocycles. The maximum atomic E-state index is 13.8. The first kappa shape index (κ1) is 38.3. The lowest BCUT2D eigenvalue weighted by molar-refractivity contribution is -0.384. The fourth-order valence-electron chi connectivity index (χ4n) is 5.35. The number of hydrogen-bond acceptors (Lipinski definition) is 8. The van der Waals surface area contributed by atoms with E-state index in [0.717, 1.165) is 44.1 Å². The summed E-state index contributed by atoms with van der Waals surface area (Å²) in [4.78, 5) is 10.5. The van der Waals surface area contributed by atoms with Gasteiger partial charge in [0.05, 0.1) is 16.4 Å². The second-order valence-electron chi connectivity index (χ2n) is 11.9. The van der Waals surface area contributed by atoms with Crippen LogP contribution in [0, 0.1) is 57.5 Å². The van der Waals surface area contributed by atoms with Gasteiger partial charge >= 0.3 is 0 Å². The van der Waals surface area contributed by atoms with Crippen molar-refractivity contribution in [1.82, 2.24) is 4.31 Å². The molecule has 10 nitrogen and oxygen atoms in total. The topological polar surface area (TPSA) is 117 Å². The molecule has 0 amide bonds. The van der Waals surface area contributed by atoms with Crippen LogP contribution < -0.4 is 0 Å². The molecule has 0 aliphatic carbocycles. The van der Waals surface area contributed by atoms with E-state index in [1.807, 2.05) is 48.5 Å². The van der Waals surface area contributed by atoms with Gasteiger partial charge in [-0.25, -0.2) is 8.42 Å². The van der Waals surface area contributed by atoms with Gasteiger partial charge in [0, 0.05) is 60.6 Å². The normalized spacial score (nSPS) is 16.9. The third-order valence-electron chi connectivity index (χ3n) is 8.13. The molecule has 0 aromatic heterocycles. The molecule has 2 heterocycles. The SMILES string of the molecule is O=[N+]([O-])c1ccc(S(=O)(=O)N(CC#Cc2ccccc2C#CCOC2CCCCO2)CCC#Cc2ccccc2C#CCOC2CCCCO2)cc1. The summed E-state index contributed by atoms with van der Waals surface area (Å²) in [6.07, 6.45) is 5.68. The van der Waals surface area contributed by atoms with Gasteiger partial charge in [-0.15, -0.1) is 0 Å². The van der Waals surface area contributed by atoms with E-state index in [1.54, 1.807) is 0 Å². The van der Waals surface area contributed by atoms with E-state index >= 15 is 0 Å². The fraction of sp³-hybridized carbons (Fsp3) is 0.366. The quantitative estimate of drug-likeness (QED) is 0.145. The van der Waals surface area contributed by atoms with Crippen molar-refractivity contribution in [3.63, 3.8) is 0 Å². The first-order valence-corrected chi connectivity index (χ1v) is 18.7. The molecule has 3 aromatic carbocycles. The third-order valence-corrected chi connectivity index (χ3v) is 9.99. The maximum Gasteiger partial charge on any atom is 0.269 e. The van der Waals surface area contributed by atoms with Crippen molar-refractivity contribution in [1.29, 1.82) is 0 Å². The molecule has 0 radical (unpaired) electrons. The minimum atomic E-state index is -4.08. The Morgan fingerprint density at radius 3 is 1.63 bits per heavy atom. The largest absolute Gasteiger partial charge is 0.353 e. The van der Waals surface area contributed by atoms with E-state index in [0.29, 0.717) is 29.9 Å². The summed E-state index contributed by atoms with van der Waals surface area (Å²) in [6, 6.07) is 19.6. The predicted molar refractivity (Wildman–Crippen MR) is 196 cm³/mol. The molecule has 0 spiro atoms. The predicted octanol–water partition coefficient (Wildman–Crippen LogP) is 5.87. The number of benzene rings is 3. The molecule has 5 rings (SSSR count). The number of rotatable bonds is 10. The highest BCUT2D eigenvalue weighted by atomic mass is 32.2. The van der Waals surface area contributed by atoms with Gasteiger partial charge < -0.3 is 18.9 Å². The van der Waals surface area contributed by atoms with Crippen LogP contribution in [0.25, 0.3) is 0 Å². The zero-order valence-corrected chi connectivity index (χ0v) is 29.7. The molecule has 52 heavy (non-hydrogen) atoms. The summed E-state index contributed by atoms with van der Waals surface area (Å²) in [5, 5.41) is 11.2. The Morgan fingerprint density at radius 2 is 1.17 bits per heavy atom. The molecular formula is C41H40N2O8S. The summed E-state index contributed by atoms with van der Waals surface area (Å²) >= 11 is 0. The third kappa shape index (κ3) is 11.8. The molecule has 268 valence electrons. The lowest BCUT2D eigenvalue weighted by Crippen LogP contribution is -2.32. The smallest absolute Gasteiger partial charge is 0.269 e. The number of nitrogens with zero attached hydrogens (tertiary/aromatic N) is 2. The van der Waals surface area contributed by atoms with Crippen molar-refractivity contribution >= 4 is 15.7 Å². The van der Waals surface area contributed by atoms with Crippen LogP contribution in [0.2, 0.25) is 0 Å². The first-order valence-electron chi connectivity index (χ1n) is 17.2. The van der Waals surface area contributed by atoms with Crippen molar-refractivity contribution < 1.29 is 32.3 Å². The van der Waals surface area contributed by atoms with Crippen molar-refractivity contribution in [3.05, 3.63) is 105 Å². The van der Waals surface area contributed by atoms with Crippen molar-refractivity contribution in [3.8, 4) is 47.4 Å². The van der Waals surface area contributed by atoms with Gasteiger partial charge in [-0.05, 0) is 74.9 Å². The molecule has 0 saturated carbocycles. The van der Waals surface area contributed by atoms with E-state index in [1.165, 1.54) is 28.6 Å². The number of nitro benzene ring substituents is 1. The molecule has 2 fully saturated rings. The Labute approximate surface area is 306 Å². The zero-order chi connectivity index (χ0) is 36.4. The van der Waals surface area contributed by atoms with E-state index in [9.17, 15) is 18.5 Å². The van der Waals surface area contributed by atoms with Crippen LogP contribution in [0.15, 0.2) is 77.7 Å². The lowest BCUT2D eigenvalue weighted by atomic mass is 10.1. The van der Waals surface area contributed by atoms with Crippen LogP contribution in [-0.4, -0.2) is 69.7 Å². The van der Waals surface area contributed by atoms with Crippen LogP contribution in [0.1, 0.15) is 67.2 Å². The molecule has 0 N–H and O–H groups in total. The van der Waals surface area contributed by atoms with Crippen LogP contribution in [-0.2, 0) is 29.0 Å². The van der Waals surface area contributed by atoms with Gasteiger partial charge in [0.2, 0.25) is 10.0 Å². The average Bonchev–Trinajstić information content (AvgIpc) is 3.17. The molecule has 2 saturated heterocycles. The van der Waals surface area contributed by atoms with E-state index < -0.39 is 14.9 Å². The summed E-state index contributed by atoms with van der Waals surface area (Å²) in [7, 11) is -4.08. The molecule has 2 atom stereocenters. The number of hydrogen-bond donors (Lipinski definition) is 0. The summed E-state index contributed by atoms with van der Waals surface area (Å²) in [6.45, 7) is 1.74. The standard InChI is InChI=1S/C41H40N2O8S/c44-43(45)38-24-26-39(27-25-38)52(46,47)42(29-11-19-35-15-2-4-17-37(35)21-13-33-51-41-23-7-10-31-49-41)28-8-5-18-34-14-1-3-16-36(34)20-12-32-50-40-22-6-9-30-48-40/h1-4,14-17,24-27,40-41H,6-10,22-23,28-33H2. The van der Waals surface area contributed by atoms with E-state index in [2.05, 4.69) is 47.4 Å². The highest BCUT2D eigenvalue weighted by Crippen LogP contribution is 2.20. The van der Waals surface area contributed by atoms with Crippen LogP contribution in [0.4, 0.5) is 5.69 Å². The Bertz CT molecular complexity index is 2020. The van der Waals surface area contributed by atoms with Gasteiger partial charge in [-0.2, -0.15) is 4.31 Å². The molecule has 0 bridgehead atoms. The number of sulfonamides is 1. The highest BCUT2D eigenvalue weighted by Gasteiger charge is 2.24. The van der Waals surface area contributed by atoms with E-state index in [4.69, 9.17) is 18.9 Å². The summed E-state index contributed by atoms with van der Waals surface area (Å²) < 4.78 is 51.3. The lowest BCUT2D eigenvalue weighted by Gasteiger charge is -2.21. The average molecular weight is 721 g/mol. The van der Waals surface area contributed by atoms with Crippen LogP contribution >= 0.6 is 0 Å². The number of nitro groups is 1. The van der Waals surface area contributed by atoms with Crippen molar-refractivity contribution in [2.45, 2.75) is 62.4 Å². The number of non-ortho nitro benzene ring substituents is 1. The van der Waals surface area contributed by atoms with Crippen molar-refractivity contribution in [2.75, 3.05) is 39.5 Å². The second-order valence-corrected chi connectivity index (χ2v) is 13.8. The molecular weight excluding hydrogens is 681 g/mol. The van der Waals surface area contributed by atoms with Gasteiger partial charge in [-0.3, -0.25) is 10.1 Å². The molecule has 2 unspecified atom stereocenters. The molecule has 11 heteroatoms. The Morgan fingerprint density at radius 1 is 0.692 bits per heavy atom. The Balaban J connectivity index is 1.28. The van der Waals surface area contributed by atoms with Gasteiger partial charge in [-0.1, -0.05) is 71.6 Å².